The number of nitrogens with zero attached hydrogens (tertiary/aromatic N) is 1. The topological polar surface area (TPSA) is 91.3 Å². The molecule has 0 aromatic rings. The van der Waals surface area contributed by atoms with Crippen LogP contribution < -0.4 is 0 Å². The molecule has 0 saturated heterocycles. The van der Waals surface area contributed by atoms with Crippen molar-refractivity contribution in [1.29, 1.82) is 0 Å². The lowest BCUT2D eigenvalue weighted by atomic mass is 10.0. The first-order valence-electron chi connectivity index (χ1n) is 15.2. The van der Waals surface area contributed by atoms with Gasteiger partial charge in [0, 0.05) is 20.0 Å². The van der Waals surface area contributed by atoms with E-state index < -0.39 is 19.9 Å². The molecule has 0 aliphatic rings. The summed E-state index contributed by atoms with van der Waals surface area (Å²) in [5, 5.41) is 0. The number of esters is 1. The molecule has 0 aromatic heterocycles. The van der Waals surface area contributed by atoms with E-state index in [9.17, 15) is 14.3 Å². The van der Waals surface area contributed by atoms with Crippen molar-refractivity contribution in [3.05, 3.63) is 0 Å². The number of phosphoric ester groups is 1. The van der Waals surface area contributed by atoms with E-state index in [4.69, 9.17) is 18.5 Å². The second kappa shape index (κ2) is 24.3. The van der Waals surface area contributed by atoms with Gasteiger partial charge in [0.1, 0.15) is 19.3 Å². The molecule has 0 bridgehead atoms. The normalized spacial score (nSPS) is 14.4. The highest BCUT2D eigenvalue weighted by Crippen LogP contribution is 2.43. The second-order valence-corrected chi connectivity index (χ2v) is 13.0. The molecule has 8 nitrogen and oxygen atoms in total. The highest BCUT2D eigenvalue weighted by Gasteiger charge is 2.25. The Balaban J connectivity index is 3.68. The molecule has 2 atom stereocenters. The van der Waals surface area contributed by atoms with Gasteiger partial charge in [-0.3, -0.25) is 13.8 Å². The van der Waals surface area contributed by atoms with Crippen LogP contribution in [0.1, 0.15) is 123 Å². The van der Waals surface area contributed by atoms with E-state index in [0.717, 1.165) is 12.8 Å². The van der Waals surface area contributed by atoms with E-state index in [2.05, 4.69) is 6.92 Å². The number of likely N-dealkylation sites (N-methyl/N-ethyl adjacent to an activating group) is 1. The first kappa shape index (κ1) is 37.5. The first-order chi connectivity index (χ1) is 18.1. The monoisotopic (exact) mass is 566 g/mol. The molecule has 228 valence electrons. The standard InChI is InChI=1S/C29H60NO7P/c1-6-7-8-9-10-11-12-13-14-15-16-17-18-19-20-21-24-34-25-22-29(37-28(2)31)27-36-38(32,33)35-26-23-30(3,4)5/h29H,6-27H2,1-5H3/p+1. The molecular weight excluding hydrogens is 505 g/mol. The van der Waals surface area contributed by atoms with Gasteiger partial charge in [-0.25, -0.2) is 4.57 Å². The van der Waals surface area contributed by atoms with Crippen LogP contribution in [0.3, 0.4) is 0 Å². The van der Waals surface area contributed by atoms with Gasteiger partial charge >= 0.3 is 13.8 Å². The van der Waals surface area contributed by atoms with Crippen molar-refractivity contribution in [2.45, 2.75) is 129 Å². The maximum absolute atomic E-state index is 12.1. The summed E-state index contributed by atoms with van der Waals surface area (Å²) in [5.74, 6) is -0.463. The Morgan fingerprint density at radius 1 is 0.737 bits per heavy atom. The predicted molar refractivity (Wildman–Crippen MR) is 155 cm³/mol. The number of carbonyl (C=O) groups is 1. The molecule has 0 amide bonds. The molecule has 1 N–H and O–H groups in total. The number of carbonyl (C=O) groups excluding carboxylic acids is 1. The number of quaternary nitrogens is 1. The molecule has 0 heterocycles. The van der Waals surface area contributed by atoms with Gasteiger partial charge in [-0.2, -0.15) is 0 Å². The van der Waals surface area contributed by atoms with Crippen molar-refractivity contribution >= 4 is 13.8 Å². The summed E-state index contributed by atoms with van der Waals surface area (Å²) in [4.78, 5) is 21.2. The van der Waals surface area contributed by atoms with Crippen molar-refractivity contribution in [2.24, 2.45) is 0 Å². The molecule has 0 radical (unpaired) electrons. The molecule has 0 saturated carbocycles. The Kier molecular flexibility index (Phi) is 24.0. The molecule has 2 unspecified atom stereocenters. The van der Waals surface area contributed by atoms with Crippen LogP contribution in [0.5, 0.6) is 0 Å². The fourth-order valence-electron chi connectivity index (χ4n) is 4.12. The fraction of sp³-hybridized carbons (Fsp3) is 0.966. The van der Waals surface area contributed by atoms with Crippen molar-refractivity contribution < 1.29 is 37.3 Å². The molecule has 0 aliphatic heterocycles. The lowest BCUT2D eigenvalue weighted by Gasteiger charge is -2.24. The van der Waals surface area contributed by atoms with Gasteiger partial charge < -0.3 is 18.9 Å². The number of ether oxygens (including phenoxy) is 2. The molecule has 0 fully saturated rings. The summed E-state index contributed by atoms with van der Waals surface area (Å²) < 4.78 is 33.6. The third-order valence-electron chi connectivity index (χ3n) is 6.50. The SMILES string of the molecule is CCCCCCCCCCCCCCCCCCOCCC(COP(=O)(O)OCC[N+](C)(C)C)OC(C)=O. The van der Waals surface area contributed by atoms with Crippen LogP contribution in [0.4, 0.5) is 0 Å². The minimum atomic E-state index is -4.20. The maximum atomic E-state index is 12.1. The summed E-state index contributed by atoms with van der Waals surface area (Å²) in [6.07, 6.45) is 21.1. The van der Waals surface area contributed by atoms with Crippen molar-refractivity contribution in [3.63, 3.8) is 0 Å². The van der Waals surface area contributed by atoms with Crippen LogP contribution in [0.2, 0.25) is 0 Å². The number of unbranched alkanes of at least 4 members (excludes halogenated alkanes) is 15. The fourth-order valence-corrected chi connectivity index (χ4v) is 4.87. The zero-order valence-corrected chi connectivity index (χ0v) is 26.3. The average Bonchev–Trinajstić information content (AvgIpc) is 2.82. The van der Waals surface area contributed by atoms with Crippen LogP contribution in [0, 0.1) is 0 Å². The van der Waals surface area contributed by atoms with E-state index in [1.165, 1.54) is 96.8 Å². The highest BCUT2D eigenvalue weighted by atomic mass is 31.2. The molecular formula is C29H61NO7P+. The summed E-state index contributed by atoms with van der Waals surface area (Å²) in [6, 6.07) is 0. The number of hydrogen-bond donors (Lipinski definition) is 1. The molecule has 0 aromatic carbocycles. The zero-order valence-electron chi connectivity index (χ0n) is 25.4. The minimum Gasteiger partial charge on any atom is -0.460 e. The second-order valence-electron chi connectivity index (χ2n) is 11.5. The molecule has 9 heteroatoms. The van der Waals surface area contributed by atoms with Crippen LogP contribution in [-0.4, -0.2) is 75.6 Å². The van der Waals surface area contributed by atoms with Crippen molar-refractivity contribution in [2.75, 3.05) is 54.1 Å². The summed E-state index contributed by atoms with van der Waals surface area (Å²) in [6.45, 7) is 5.09. The van der Waals surface area contributed by atoms with E-state index in [-0.39, 0.29) is 13.2 Å². The van der Waals surface area contributed by atoms with Crippen molar-refractivity contribution in [1.82, 2.24) is 0 Å². The maximum Gasteiger partial charge on any atom is 0.472 e. The number of phosphoric acid groups is 1. The van der Waals surface area contributed by atoms with E-state index in [1.807, 2.05) is 21.1 Å². The highest BCUT2D eigenvalue weighted by molar-refractivity contribution is 7.47. The van der Waals surface area contributed by atoms with Gasteiger partial charge in [-0.1, -0.05) is 103 Å². The number of rotatable bonds is 28. The molecule has 0 rings (SSSR count). The summed E-state index contributed by atoms with van der Waals surface area (Å²) >= 11 is 0. The molecule has 0 aliphatic carbocycles. The van der Waals surface area contributed by atoms with Crippen molar-refractivity contribution in [3.8, 4) is 0 Å². The van der Waals surface area contributed by atoms with E-state index in [0.29, 0.717) is 30.7 Å². The Bertz CT molecular complexity index is 598. The Morgan fingerprint density at radius 2 is 1.21 bits per heavy atom. The quantitative estimate of drug-likeness (QED) is 0.0456. The number of hydrogen-bond acceptors (Lipinski definition) is 6. The third-order valence-corrected chi connectivity index (χ3v) is 7.48. The van der Waals surface area contributed by atoms with Gasteiger partial charge in [0.25, 0.3) is 0 Å². The smallest absolute Gasteiger partial charge is 0.460 e. The minimum absolute atomic E-state index is 0.0952. The average molecular weight is 567 g/mol. The molecule has 38 heavy (non-hydrogen) atoms. The third kappa shape index (κ3) is 28.5. The Hall–Kier alpha value is -0.500. The van der Waals surface area contributed by atoms with Gasteiger partial charge in [-0.05, 0) is 6.42 Å². The van der Waals surface area contributed by atoms with E-state index >= 15 is 0 Å². The van der Waals surface area contributed by atoms with Crippen LogP contribution >= 0.6 is 7.82 Å². The first-order valence-corrected chi connectivity index (χ1v) is 16.7. The van der Waals surface area contributed by atoms with E-state index in [1.54, 1.807) is 0 Å². The van der Waals surface area contributed by atoms with Gasteiger partial charge in [0.05, 0.1) is 34.4 Å². The zero-order chi connectivity index (χ0) is 28.5. The molecule has 0 spiro atoms. The summed E-state index contributed by atoms with van der Waals surface area (Å²) in [5.41, 5.74) is 0. The summed E-state index contributed by atoms with van der Waals surface area (Å²) in [7, 11) is 1.69. The lowest BCUT2D eigenvalue weighted by molar-refractivity contribution is -0.870. The lowest BCUT2D eigenvalue weighted by Crippen LogP contribution is -2.37. The van der Waals surface area contributed by atoms with Crippen LogP contribution in [-0.2, 0) is 27.9 Å². The van der Waals surface area contributed by atoms with Gasteiger partial charge in [0.15, 0.2) is 0 Å². The van der Waals surface area contributed by atoms with Crippen LogP contribution in [0.15, 0.2) is 0 Å². The van der Waals surface area contributed by atoms with Crippen LogP contribution in [0.25, 0.3) is 0 Å². The van der Waals surface area contributed by atoms with Gasteiger partial charge in [0.2, 0.25) is 0 Å². The predicted octanol–water partition coefficient (Wildman–Crippen LogP) is 7.43. The Morgan fingerprint density at radius 3 is 1.66 bits per heavy atom. The Labute approximate surface area is 234 Å². The largest absolute Gasteiger partial charge is 0.472 e. The van der Waals surface area contributed by atoms with Gasteiger partial charge in [-0.15, -0.1) is 0 Å².